The molecule has 1 rings (SSSR count). The lowest BCUT2D eigenvalue weighted by Gasteiger charge is -2.21. The van der Waals surface area contributed by atoms with Crippen LogP contribution in [0.15, 0.2) is 29.2 Å². The highest BCUT2D eigenvalue weighted by molar-refractivity contribution is 8.07. The minimum absolute atomic E-state index is 0.154. The molecule has 1 aromatic rings. The normalized spacial score (nSPS) is 13.1. The monoisotopic (exact) mass is 392 g/mol. The molecule has 0 fully saturated rings. The number of sulfone groups is 1. The number of halogens is 3. The van der Waals surface area contributed by atoms with Gasteiger partial charge in [0.25, 0.3) is 0 Å². The Labute approximate surface area is 137 Å². The quantitative estimate of drug-likeness (QED) is 0.629. The summed E-state index contributed by atoms with van der Waals surface area (Å²) in [6.07, 6.45) is -4.81. The molecule has 0 radical (unpaired) electrons. The van der Waals surface area contributed by atoms with Crippen molar-refractivity contribution in [2.45, 2.75) is 24.9 Å². The highest BCUT2D eigenvalue weighted by Crippen LogP contribution is 2.49. The Morgan fingerprint density at radius 3 is 1.96 bits per heavy atom. The third-order valence-electron chi connectivity index (χ3n) is 2.33. The van der Waals surface area contributed by atoms with Crippen LogP contribution in [-0.4, -0.2) is 33.6 Å². The van der Waals surface area contributed by atoms with Crippen molar-refractivity contribution in [3.05, 3.63) is 24.3 Å². The van der Waals surface area contributed by atoms with Crippen molar-refractivity contribution >= 4 is 28.4 Å². The van der Waals surface area contributed by atoms with Crippen molar-refractivity contribution in [1.29, 1.82) is 0 Å². The largest absolute Gasteiger partial charge is 0.424 e. The lowest BCUT2D eigenvalue weighted by Crippen LogP contribution is -2.22. The highest BCUT2D eigenvalue weighted by Gasteiger charge is 2.36. The first kappa shape index (κ1) is 20.4. The first-order chi connectivity index (χ1) is 10.5. The Balaban J connectivity index is 2.94. The van der Waals surface area contributed by atoms with Crippen LogP contribution in [-0.2, 0) is 30.7 Å². The molecule has 0 saturated heterocycles. The fourth-order valence-corrected chi connectivity index (χ4v) is 4.77. The molecule has 0 atom stereocenters. The number of hydrogen-bond donors (Lipinski definition) is 0. The number of benzene rings is 1. The lowest BCUT2D eigenvalue weighted by molar-refractivity contribution is -0.106. The Morgan fingerprint density at radius 1 is 1.09 bits per heavy atom. The second-order valence-corrected chi connectivity index (χ2v) is 9.14. The SMILES string of the molecule is CCOP(=S)(OCC)Oc1ccc(S(=O)(=O)CC(F)(F)F)cc1. The molecule has 0 aliphatic rings. The fourth-order valence-electron chi connectivity index (χ4n) is 1.54. The summed E-state index contributed by atoms with van der Waals surface area (Å²) < 4.78 is 76.0. The van der Waals surface area contributed by atoms with Gasteiger partial charge in [0.15, 0.2) is 15.6 Å². The van der Waals surface area contributed by atoms with Crippen molar-refractivity contribution < 1.29 is 35.2 Å². The number of hydrogen-bond acceptors (Lipinski definition) is 6. The van der Waals surface area contributed by atoms with Gasteiger partial charge < -0.3 is 4.52 Å². The van der Waals surface area contributed by atoms with E-state index in [9.17, 15) is 21.6 Å². The van der Waals surface area contributed by atoms with Gasteiger partial charge in [-0.05, 0) is 38.1 Å². The first-order valence-electron chi connectivity index (χ1n) is 6.49. The summed E-state index contributed by atoms with van der Waals surface area (Å²) in [6, 6.07) is 4.46. The second kappa shape index (κ2) is 7.94. The molecule has 11 heteroatoms. The van der Waals surface area contributed by atoms with Crippen LogP contribution < -0.4 is 4.52 Å². The molecule has 0 unspecified atom stereocenters. The van der Waals surface area contributed by atoms with Crippen molar-refractivity contribution in [3.63, 3.8) is 0 Å². The fraction of sp³-hybridized carbons (Fsp3) is 0.500. The maximum absolute atomic E-state index is 12.3. The van der Waals surface area contributed by atoms with E-state index >= 15 is 0 Å². The van der Waals surface area contributed by atoms with E-state index in [-0.39, 0.29) is 19.0 Å². The summed E-state index contributed by atoms with van der Waals surface area (Å²) in [4.78, 5) is -0.455. The molecule has 23 heavy (non-hydrogen) atoms. The predicted octanol–water partition coefficient (Wildman–Crippen LogP) is 3.70. The number of rotatable bonds is 8. The van der Waals surface area contributed by atoms with Gasteiger partial charge in [-0.1, -0.05) is 0 Å². The van der Waals surface area contributed by atoms with Crippen LogP contribution in [0.5, 0.6) is 5.75 Å². The lowest BCUT2D eigenvalue weighted by atomic mass is 10.3. The van der Waals surface area contributed by atoms with Gasteiger partial charge >= 0.3 is 12.9 Å². The van der Waals surface area contributed by atoms with Gasteiger partial charge in [0.05, 0.1) is 18.1 Å². The van der Waals surface area contributed by atoms with Crippen molar-refractivity contribution in [3.8, 4) is 5.75 Å². The summed E-state index contributed by atoms with van der Waals surface area (Å²) in [7, 11) is -4.46. The minimum Gasteiger partial charge on any atom is -0.424 e. The molecule has 0 amide bonds. The summed E-state index contributed by atoms with van der Waals surface area (Å²) >= 11 is 5.14. The molecular weight excluding hydrogens is 376 g/mol. The molecule has 0 aliphatic carbocycles. The Kier molecular flexibility index (Phi) is 7.03. The van der Waals surface area contributed by atoms with E-state index in [4.69, 9.17) is 25.4 Å². The average Bonchev–Trinajstić information content (AvgIpc) is 2.36. The average molecular weight is 392 g/mol. The van der Waals surface area contributed by atoms with Gasteiger partial charge in [0, 0.05) is 11.8 Å². The highest BCUT2D eigenvalue weighted by atomic mass is 32.5. The molecular formula is C12H16F3O5PS2. The van der Waals surface area contributed by atoms with Crippen LogP contribution in [0.1, 0.15) is 13.8 Å². The second-order valence-electron chi connectivity index (χ2n) is 4.22. The molecule has 0 N–H and O–H groups in total. The topological polar surface area (TPSA) is 61.8 Å². The van der Waals surface area contributed by atoms with E-state index in [0.717, 1.165) is 12.1 Å². The molecule has 132 valence electrons. The molecule has 1 aromatic carbocycles. The standard InChI is InChI=1S/C12H16F3O5PS2/c1-3-18-21(22,19-4-2)20-10-5-7-11(8-6-10)23(16,17)9-12(13,14)15/h5-8H,3-4,9H2,1-2H3. The summed E-state index contributed by atoms with van der Waals surface area (Å²) in [6.45, 7) is 0.901. The Bertz CT molecular complexity index is 648. The Morgan fingerprint density at radius 2 is 1.57 bits per heavy atom. The Hall–Kier alpha value is -0.670. The minimum atomic E-state index is -4.81. The molecule has 5 nitrogen and oxygen atoms in total. The van der Waals surface area contributed by atoms with E-state index in [1.165, 1.54) is 12.1 Å². The summed E-state index contributed by atoms with van der Waals surface area (Å²) in [5, 5.41) is 0. The van der Waals surface area contributed by atoms with E-state index in [1.54, 1.807) is 13.8 Å². The van der Waals surface area contributed by atoms with Crippen LogP contribution in [0.25, 0.3) is 0 Å². The number of alkyl halides is 3. The van der Waals surface area contributed by atoms with Crippen LogP contribution >= 0.6 is 6.72 Å². The molecule has 0 aliphatic heterocycles. The summed E-state index contributed by atoms with van der Waals surface area (Å²) in [5.41, 5.74) is 0. The van der Waals surface area contributed by atoms with E-state index < -0.39 is 33.4 Å². The van der Waals surface area contributed by atoms with Crippen molar-refractivity contribution in [2.75, 3.05) is 19.0 Å². The summed E-state index contributed by atoms with van der Waals surface area (Å²) in [5.74, 6) is -1.77. The zero-order chi connectivity index (χ0) is 17.7. The van der Waals surface area contributed by atoms with E-state index in [2.05, 4.69) is 0 Å². The smallest absolute Gasteiger partial charge is 0.403 e. The molecule has 0 heterocycles. The molecule has 0 spiro atoms. The molecule has 0 saturated carbocycles. The predicted molar refractivity (Wildman–Crippen MR) is 82.7 cm³/mol. The van der Waals surface area contributed by atoms with Crippen LogP contribution in [0, 0.1) is 0 Å². The first-order valence-corrected chi connectivity index (χ1v) is 10.7. The van der Waals surface area contributed by atoms with Crippen LogP contribution in [0.4, 0.5) is 13.2 Å². The van der Waals surface area contributed by atoms with Gasteiger partial charge in [0.2, 0.25) is 0 Å². The van der Waals surface area contributed by atoms with Gasteiger partial charge in [0.1, 0.15) is 5.75 Å². The molecule has 0 bridgehead atoms. The van der Waals surface area contributed by atoms with Crippen LogP contribution in [0.2, 0.25) is 0 Å². The molecule has 0 aromatic heterocycles. The zero-order valence-electron chi connectivity index (χ0n) is 12.4. The third-order valence-corrected chi connectivity index (χ3v) is 6.47. The van der Waals surface area contributed by atoms with Crippen LogP contribution in [0.3, 0.4) is 0 Å². The van der Waals surface area contributed by atoms with E-state index in [1.807, 2.05) is 0 Å². The van der Waals surface area contributed by atoms with E-state index in [0.29, 0.717) is 0 Å². The maximum Gasteiger partial charge on any atom is 0.403 e. The maximum atomic E-state index is 12.3. The van der Waals surface area contributed by atoms with Crippen molar-refractivity contribution in [2.24, 2.45) is 0 Å². The van der Waals surface area contributed by atoms with Crippen molar-refractivity contribution in [1.82, 2.24) is 0 Å². The zero-order valence-corrected chi connectivity index (χ0v) is 14.9. The van der Waals surface area contributed by atoms with Gasteiger partial charge in [-0.25, -0.2) is 8.42 Å². The van der Waals surface area contributed by atoms with Gasteiger partial charge in [-0.2, -0.15) is 13.2 Å². The third kappa shape index (κ3) is 6.76. The van der Waals surface area contributed by atoms with Gasteiger partial charge in [-0.3, -0.25) is 9.05 Å². The van der Waals surface area contributed by atoms with Gasteiger partial charge in [-0.15, -0.1) is 0 Å².